The second kappa shape index (κ2) is 5.11. The van der Waals surface area contributed by atoms with E-state index in [2.05, 4.69) is 0 Å². The number of benzene rings is 1. The van der Waals surface area contributed by atoms with Crippen molar-refractivity contribution >= 4 is 33.3 Å². The van der Waals surface area contributed by atoms with Crippen molar-refractivity contribution in [2.45, 2.75) is 19.1 Å². The average molecular weight is 296 g/mol. The van der Waals surface area contributed by atoms with Gasteiger partial charge in [0, 0.05) is 0 Å². The van der Waals surface area contributed by atoms with Crippen LogP contribution in [0.1, 0.15) is 12.5 Å². The van der Waals surface area contributed by atoms with Crippen LogP contribution in [0.15, 0.2) is 12.1 Å². The fraction of sp³-hybridized carbons (Fsp3) is 0.300. The van der Waals surface area contributed by atoms with Crippen molar-refractivity contribution in [1.29, 1.82) is 0 Å². The fourth-order valence-corrected chi connectivity index (χ4v) is 2.28. The number of sulfonamides is 1. The summed E-state index contributed by atoms with van der Waals surface area (Å²) in [7, 11) is -4.12. The third kappa shape index (κ3) is 3.11. The summed E-state index contributed by atoms with van der Waals surface area (Å²) in [5, 5.41) is 6.87. The molecule has 0 aromatic heterocycles. The molecule has 0 saturated heterocycles. The van der Waals surface area contributed by atoms with E-state index >= 15 is 0 Å². The zero-order valence-corrected chi connectivity index (χ0v) is 11.1. The van der Waals surface area contributed by atoms with Crippen LogP contribution in [0.25, 0.3) is 0 Å². The summed E-state index contributed by atoms with van der Waals surface area (Å²) in [5.74, 6) is -2.06. The SMILES string of the molecule is Cc1cc(NS(=O)(=O)C(C)C(=O)O)c(Cl)cc1F. The highest BCUT2D eigenvalue weighted by molar-refractivity contribution is 7.94. The van der Waals surface area contributed by atoms with E-state index in [1.165, 1.54) is 13.0 Å². The molecule has 1 unspecified atom stereocenters. The number of anilines is 1. The van der Waals surface area contributed by atoms with Gasteiger partial charge in [0.15, 0.2) is 5.25 Å². The number of hydrogen-bond acceptors (Lipinski definition) is 3. The Labute approximate surface area is 109 Å². The molecule has 5 nitrogen and oxygen atoms in total. The first-order chi connectivity index (χ1) is 8.15. The lowest BCUT2D eigenvalue weighted by Crippen LogP contribution is -2.32. The van der Waals surface area contributed by atoms with E-state index in [1.807, 2.05) is 4.72 Å². The molecule has 1 atom stereocenters. The molecule has 0 amide bonds. The molecule has 0 aliphatic carbocycles. The third-order valence-corrected chi connectivity index (χ3v) is 4.26. The van der Waals surface area contributed by atoms with Gasteiger partial charge in [-0.1, -0.05) is 11.6 Å². The minimum atomic E-state index is -4.12. The summed E-state index contributed by atoms with van der Waals surface area (Å²) in [6, 6.07) is 2.16. The summed E-state index contributed by atoms with van der Waals surface area (Å²) >= 11 is 5.68. The average Bonchev–Trinajstić information content (AvgIpc) is 2.24. The number of carboxylic acid groups (broad SMARTS) is 1. The Morgan fingerprint density at radius 2 is 2.06 bits per heavy atom. The van der Waals surface area contributed by atoms with Crippen LogP contribution in [0.4, 0.5) is 10.1 Å². The van der Waals surface area contributed by atoms with E-state index in [1.54, 1.807) is 0 Å². The summed E-state index contributed by atoms with van der Waals surface area (Å²) < 4.78 is 38.4. The summed E-state index contributed by atoms with van der Waals surface area (Å²) in [5.41, 5.74) is 0.142. The van der Waals surface area contributed by atoms with Gasteiger partial charge in [-0.25, -0.2) is 12.8 Å². The van der Waals surface area contributed by atoms with Gasteiger partial charge in [0.1, 0.15) is 5.82 Å². The quantitative estimate of drug-likeness (QED) is 0.890. The number of carbonyl (C=O) groups is 1. The first kappa shape index (κ1) is 14.7. The molecular weight excluding hydrogens is 285 g/mol. The number of halogens is 2. The van der Waals surface area contributed by atoms with Crippen LogP contribution in [0.3, 0.4) is 0 Å². The van der Waals surface area contributed by atoms with Gasteiger partial charge in [-0.2, -0.15) is 0 Å². The molecule has 2 N–H and O–H groups in total. The van der Waals surface area contributed by atoms with Crippen molar-refractivity contribution in [3.63, 3.8) is 0 Å². The van der Waals surface area contributed by atoms with Crippen LogP contribution in [0.5, 0.6) is 0 Å². The van der Waals surface area contributed by atoms with Crippen LogP contribution in [0, 0.1) is 12.7 Å². The van der Waals surface area contributed by atoms with Crippen LogP contribution in [0.2, 0.25) is 5.02 Å². The Hall–Kier alpha value is -1.34. The van der Waals surface area contributed by atoms with Gasteiger partial charge < -0.3 is 5.11 Å². The molecule has 1 rings (SSSR count). The van der Waals surface area contributed by atoms with E-state index in [0.29, 0.717) is 0 Å². The van der Waals surface area contributed by atoms with Crippen LogP contribution in [-0.2, 0) is 14.8 Å². The molecule has 1 aromatic rings. The first-order valence-electron chi connectivity index (χ1n) is 4.85. The summed E-state index contributed by atoms with van der Waals surface area (Å²) in [6.45, 7) is 2.46. The van der Waals surface area contributed by atoms with Crippen molar-refractivity contribution in [2.75, 3.05) is 4.72 Å². The van der Waals surface area contributed by atoms with Crippen LogP contribution < -0.4 is 4.72 Å². The second-order valence-corrected chi connectivity index (χ2v) is 6.12. The van der Waals surface area contributed by atoms with E-state index in [9.17, 15) is 17.6 Å². The molecule has 0 bridgehead atoms. The monoisotopic (exact) mass is 295 g/mol. The lowest BCUT2D eigenvalue weighted by atomic mass is 10.2. The van der Waals surface area contributed by atoms with E-state index in [0.717, 1.165) is 13.0 Å². The molecule has 0 aliphatic heterocycles. The van der Waals surface area contributed by atoms with Crippen LogP contribution >= 0.6 is 11.6 Å². The normalized spacial score (nSPS) is 13.1. The van der Waals surface area contributed by atoms with Crippen molar-refractivity contribution < 1.29 is 22.7 Å². The third-order valence-electron chi connectivity index (χ3n) is 2.31. The van der Waals surface area contributed by atoms with Crippen LogP contribution in [-0.4, -0.2) is 24.7 Å². The summed E-state index contributed by atoms with van der Waals surface area (Å²) in [6.07, 6.45) is 0. The molecule has 0 radical (unpaired) electrons. The Bertz CT molecular complexity index is 588. The minimum absolute atomic E-state index is 0.0522. The number of carboxylic acids is 1. The van der Waals surface area contributed by atoms with Gasteiger partial charge in [-0.3, -0.25) is 9.52 Å². The van der Waals surface area contributed by atoms with E-state index < -0.39 is 27.1 Å². The highest BCUT2D eigenvalue weighted by atomic mass is 35.5. The number of aliphatic carboxylic acids is 1. The Kier molecular flexibility index (Phi) is 4.18. The highest BCUT2D eigenvalue weighted by Crippen LogP contribution is 2.26. The largest absolute Gasteiger partial charge is 0.480 e. The number of rotatable bonds is 4. The molecule has 100 valence electrons. The van der Waals surface area contributed by atoms with Gasteiger partial charge in [0.2, 0.25) is 10.0 Å². The predicted molar refractivity (Wildman–Crippen MR) is 65.8 cm³/mol. The lowest BCUT2D eigenvalue weighted by Gasteiger charge is -2.13. The Balaban J connectivity index is 3.13. The molecule has 0 heterocycles. The molecule has 8 heteroatoms. The zero-order chi connectivity index (χ0) is 14.1. The molecule has 18 heavy (non-hydrogen) atoms. The van der Waals surface area contributed by atoms with E-state index in [-0.39, 0.29) is 16.3 Å². The maximum absolute atomic E-state index is 13.1. The molecule has 0 spiro atoms. The van der Waals surface area contributed by atoms with E-state index in [4.69, 9.17) is 16.7 Å². The zero-order valence-electron chi connectivity index (χ0n) is 9.57. The van der Waals surface area contributed by atoms with Gasteiger partial charge in [-0.05, 0) is 31.5 Å². The number of aryl methyl sites for hydroxylation is 1. The van der Waals surface area contributed by atoms with Crippen molar-refractivity contribution in [3.8, 4) is 0 Å². The highest BCUT2D eigenvalue weighted by Gasteiger charge is 2.28. The smallest absolute Gasteiger partial charge is 0.323 e. The standard InChI is InChI=1S/C10H11ClFNO4S/c1-5-3-9(7(11)4-8(5)12)13-18(16,17)6(2)10(14)15/h3-4,6,13H,1-2H3,(H,14,15). The maximum atomic E-state index is 13.1. The Morgan fingerprint density at radius 1 is 1.50 bits per heavy atom. The topological polar surface area (TPSA) is 83.5 Å². The van der Waals surface area contributed by atoms with Gasteiger partial charge >= 0.3 is 5.97 Å². The van der Waals surface area contributed by atoms with Gasteiger partial charge in [0.25, 0.3) is 0 Å². The molecule has 0 fully saturated rings. The first-order valence-corrected chi connectivity index (χ1v) is 6.77. The van der Waals surface area contributed by atoms with Crippen molar-refractivity contribution in [1.82, 2.24) is 0 Å². The molecule has 0 aliphatic rings. The summed E-state index contributed by atoms with van der Waals surface area (Å²) in [4.78, 5) is 10.6. The maximum Gasteiger partial charge on any atom is 0.323 e. The number of hydrogen-bond donors (Lipinski definition) is 2. The minimum Gasteiger partial charge on any atom is -0.480 e. The molecular formula is C10H11ClFNO4S. The van der Waals surface area contributed by atoms with Crippen molar-refractivity contribution in [3.05, 3.63) is 28.5 Å². The Morgan fingerprint density at radius 3 is 2.56 bits per heavy atom. The van der Waals surface area contributed by atoms with Crippen molar-refractivity contribution in [2.24, 2.45) is 0 Å². The predicted octanol–water partition coefficient (Wildman–Crippen LogP) is 2.00. The fourth-order valence-electron chi connectivity index (χ4n) is 1.11. The van der Waals surface area contributed by atoms with Gasteiger partial charge in [0.05, 0.1) is 10.7 Å². The lowest BCUT2D eigenvalue weighted by molar-refractivity contribution is -0.136. The van der Waals surface area contributed by atoms with Gasteiger partial charge in [-0.15, -0.1) is 0 Å². The number of nitrogens with one attached hydrogen (secondary N) is 1. The second-order valence-electron chi connectivity index (χ2n) is 3.71. The molecule has 0 saturated carbocycles. The molecule has 1 aromatic carbocycles.